The molecule has 100 valence electrons. The molecular formula is C15H29NS. The number of rotatable bonds is 11. The Balaban J connectivity index is 1.71. The molecule has 1 aliphatic heterocycles. The standard InChI is InChI=1S/C15H29NS/c1-2-3-4-5-6-7-8-9-10-11-12-16-13-14-17-15-16/h13-14H,2-12,15H2,1H3. The van der Waals surface area contributed by atoms with Gasteiger partial charge in [-0.3, -0.25) is 0 Å². The van der Waals surface area contributed by atoms with Crippen LogP contribution in [0.5, 0.6) is 0 Å². The quantitative estimate of drug-likeness (QED) is 0.456. The van der Waals surface area contributed by atoms with E-state index in [0.717, 1.165) is 0 Å². The van der Waals surface area contributed by atoms with Crippen LogP contribution >= 0.6 is 11.8 Å². The van der Waals surface area contributed by atoms with Gasteiger partial charge in [-0.25, -0.2) is 0 Å². The van der Waals surface area contributed by atoms with Gasteiger partial charge < -0.3 is 4.90 Å². The fourth-order valence-corrected chi connectivity index (χ4v) is 3.00. The van der Waals surface area contributed by atoms with Gasteiger partial charge in [-0.15, -0.1) is 11.8 Å². The molecule has 17 heavy (non-hydrogen) atoms. The third-order valence-electron chi connectivity index (χ3n) is 3.41. The molecule has 0 spiro atoms. The molecular weight excluding hydrogens is 226 g/mol. The van der Waals surface area contributed by atoms with Gasteiger partial charge in [0.2, 0.25) is 0 Å². The largest absolute Gasteiger partial charge is 0.367 e. The molecule has 0 fully saturated rings. The zero-order valence-electron chi connectivity index (χ0n) is 11.5. The number of thioether (sulfide) groups is 1. The van der Waals surface area contributed by atoms with E-state index in [4.69, 9.17) is 0 Å². The van der Waals surface area contributed by atoms with Crippen LogP contribution in [0.15, 0.2) is 11.6 Å². The molecule has 0 aromatic heterocycles. The molecule has 0 N–H and O–H groups in total. The van der Waals surface area contributed by atoms with Crippen LogP contribution < -0.4 is 0 Å². The molecule has 0 saturated heterocycles. The Labute approximate surface area is 112 Å². The van der Waals surface area contributed by atoms with Crippen molar-refractivity contribution in [3.05, 3.63) is 11.6 Å². The van der Waals surface area contributed by atoms with E-state index in [1.54, 1.807) is 0 Å². The second-order valence-corrected chi connectivity index (χ2v) is 5.94. The normalized spacial score (nSPS) is 14.8. The first kappa shape index (κ1) is 14.9. The highest BCUT2D eigenvalue weighted by molar-refractivity contribution is 8.02. The number of nitrogens with zero attached hydrogens (tertiary/aromatic N) is 1. The molecule has 0 aliphatic carbocycles. The van der Waals surface area contributed by atoms with Crippen molar-refractivity contribution in [2.45, 2.75) is 71.1 Å². The Morgan fingerprint density at radius 3 is 2.00 bits per heavy atom. The summed E-state index contributed by atoms with van der Waals surface area (Å²) in [7, 11) is 0. The van der Waals surface area contributed by atoms with Crippen LogP contribution in [0.25, 0.3) is 0 Å². The van der Waals surface area contributed by atoms with E-state index < -0.39 is 0 Å². The summed E-state index contributed by atoms with van der Waals surface area (Å²) in [5, 5.41) is 2.20. The first-order valence-electron chi connectivity index (χ1n) is 7.46. The van der Waals surface area contributed by atoms with Gasteiger partial charge in [0.25, 0.3) is 0 Å². The zero-order chi connectivity index (χ0) is 12.2. The van der Waals surface area contributed by atoms with Crippen LogP contribution in [-0.4, -0.2) is 17.3 Å². The average Bonchev–Trinajstić information content (AvgIpc) is 2.85. The van der Waals surface area contributed by atoms with Gasteiger partial charge in [0, 0.05) is 12.7 Å². The fraction of sp³-hybridized carbons (Fsp3) is 0.867. The summed E-state index contributed by atoms with van der Waals surface area (Å²) in [6, 6.07) is 0. The third kappa shape index (κ3) is 8.59. The maximum Gasteiger partial charge on any atom is 0.0675 e. The number of hydrogen-bond acceptors (Lipinski definition) is 2. The molecule has 0 aromatic rings. The Kier molecular flexibility index (Phi) is 9.68. The van der Waals surface area contributed by atoms with Crippen molar-refractivity contribution < 1.29 is 0 Å². The highest BCUT2D eigenvalue weighted by atomic mass is 32.2. The predicted molar refractivity (Wildman–Crippen MR) is 80.1 cm³/mol. The smallest absolute Gasteiger partial charge is 0.0675 e. The molecule has 0 bridgehead atoms. The molecule has 2 heteroatoms. The second-order valence-electron chi connectivity index (χ2n) is 5.08. The number of unbranched alkanes of at least 4 members (excludes halogenated alkanes) is 9. The maximum absolute atomic E-state index is 2.43. The van der Waals surface area contributed by atoms with Gasteiger partial charge in [-0.2, -0.15) is 0 Å². The molecule has 0 saturated carbocycles. The van der Waals surface area contributed by atoms with Crippen molar-refractivity contribution in [3.8, 4) is 0 Å². The fourth-order valence-electron chi connectivity index (χ4n) is 2.25. The van der Waals surface area contributed by atoms with Gasteiger partial charge in [0.15, 0.2) is 0 Å². The SMILES string of the molecule is CCCCCCCCCCCCN1C=CSC1. The molecule has 0 atom stereocenters. The summed E-state index contributed by atoms with van der Waals surface area (Å²) in [5.74, 6) is 1.18. The second kappa shape index (κ2) is 11.0. The summed E-state index contributed by atoms with van der Waals surface area (Å²) in [6.45, 7) is 3.55. The van der Waals surface area contributed by atoms with Gasteiger partial charge >= 0.3 is 0 Å². The lowest BCUT2D eigenvalue weighted by atomic mass is 10.1. The van der Waals surface area contributed by atoms with Crippen molar-refractivity contribution in [3.63, 3.8) is 0 Å². The van der Waals surface area contributed by atoms with Gasteiger partial charge in [0.05, 0.1) is 5.88 Å². The summed E-state index contributed by atoms with van der Waals surface area (Å²) >= 11 is 1.91. The molecule has 1 nitrogen and oxygen atoms in total. The first-order chi connectivity index (χ1) is 8.43. The minimum Gasteiger partial charge on any atom is -0.367 e. The molecule has 0 unspecified atom stereocenters. The maximum atomic E-state index is 2.43. The van der Waals surface area contributed by atoms with E-state index in [1.807, 2.05) is 11.8 Å². The lowest BCUT2D eigenvalue weighted by Gasteiger charge is -2.13. The van der Waals surface area contributed by atoms with E-state index in [-0.39, 0.29) is 0 Å². The molecule has 0 radical (unpaired) electrons. The molecule has 1 aliphatic rings. The Morgan fingerprint density at radius 1 is 0.882 bits per heavy atom. The molecule has 1 heterocycles. The van der Waals surface area contributed by atoms with Crippen molar-refractivity contribution in [2.24, 2.45) is 0 Å². The predicted octanol–water partition coefficient (Wildman–Crippen LogP) is 5.38. The monoisotopic (exact) mass is 255 g/mol. The van der Waals surface area contributed by atoms with Gasteiger partial charge in [0.1, 0.15) is 0 Å². The van der Waals surface area contributed by atoms with E-state index in [9.17, 15) is 0 Å². The molecule has 0 amide bonds. The van der Waals surface area contributed by atoms with Crippen molar-refractivity contribution in [1.29, 1.82) is 0 Å². The van der Waals surface area contributed by atoms with E-state index in [0.29, 0.717) is 0 Å². The number of hydrogen-bond donors (Lipinski definition) is 0. The van der Waals surface area contributed by atoms with Gasteiger partial charge in [-0.1, -0.05) is 64.7 Å². The summed E-state index contributed by atoms with van der Waals surface area (Å²) in [6.07, 6.45) is 16.6. The van der Waals surface area contributed by atoms with Crippen LogP contribution in [0.3, 0.4) is 0 Å². The van der Waals surface area contributed by atoms with Gasteiger partial charge in [-0.05, 0) is 11.8 Å². The van der Waals surface area contributed by atoms with E-state index in [2.05, 4.69) is 23.4 Å². The summed E-state index contributed by atoms with van der Waals surface area (Å²) in [4.78, 5) is 2.43. The minimum absolute atomic E-state index is 1.18. The van der Waals surface area contributed by atoms with E-state index >= 15 is 0 Å². The lowest BCUT2D eigenvalue weighted by molar-refractivity contribution is 0.420. The Bertz CT molecular complexity index is 191. The summed E-state index contributed by atoms with van der Waals surface area (Å²) < 4.78 is 0. The van der Waals surface area contributed by atoms with Crippen molar-refractivity contribution >= 4 is 11.8 Å². The van der Waals surface area contributed by atoms with Crippen LogP contribution in [0, 0.1) is 0 Å². The van der Waals surface area contributed by atoms with Crippen LogP contribution in [0.1, 0.15) is 71.1 Å². The highest BCUT2D eigenvalue weighted by Crippen LogP contribution is 2.16. The van der Waals surface area contributed by atoms with E-state index in [1.165, 1.54) is 76.6 Å². The average molecular weight is 255 g/mol. The van der Waals surface area contributed by atoms with Crippen molar-refractivity contribution in [1.82, 2.24) is 4.90 Å². The van der Waals surface area contributed by atoms with Crippen LogP contribution in [-0.2, 0) is 0 Å². The highest BCUT2D eigenvalue weighted by Gasteiger charge is 2.02. The van der Waals surface area contributed by atoms with Crippen molar-refractivity contribution in [2.75, 3.05) is 12.4 Å². The minimum atomic E-state index is 1.18. The van der Waals surface area contributed by atoms with Crippen LogP contribution in [0.4, 0.5) is 0 Å². The lowest BCUT2D eigenvalue weighted by Crippen LogP contribution is -2.14. The topological polar surface area (TPSA) is 3.24 Å². The Morgan fingerprint density at radius 2 is 1.47 bits per heavy atom. The third-order valence-corrected chi connectivity index (χ3v) is 4.20. The molecule has 0 aromatic carbocycles. The van der Waals surface area contributed by atoms with Crippen LogP contribution in [0.2, 0.25) is 0 Å². The Hall–Kier alpha value is -0.110. The molecule has 1 rings (SSSR count). The first-order valence-corrected chi connectivity index (χ1v) is 8.50. The summed E-state index contributed by atoms with van der Waals surface area (Å²) in [5.41, 5.74) is 0. The zero-order valence-corrected chi connectivity index (χ0v) is 12.3.